The summed E-state index contributed by atoms with van der Waals surface area (Å²) in [5.41, 5.74) is -0.366. The van der Waals surface area contributed by atoms with Crippen LogP contribution in [0.4, 0.5) is 0 Å². The second-order valence-corrected chi connectivity index (χ2v) is 5.12. The number of fused-ring (bicyclic) bond motifs is 1. The third-order valence-corrected chi connectivity index (χ3v) is 4.00. The number of hydrogen-bond donors (Lipinski definition) is 1. The minimum Gasteiger partial charge on any atom is -0.366 e. The van der Waals surface area contributed by atoms with Gasteiger partial charge in [0.05, 0.1) is 18.8 Å². The van der Waals surface area contributed by atoms with Crippen molar-refractivity contribution < 1.29 is 19.3 Å². The summed E-state index contributed by atoms with van der Waals surface area (Å²) < 4.78 is 17.2. The first-order valence-corrected chi connectivity index (χ1v) is 6.20. The van der Waals surface area contributed by atoms with Crippen molar-refractivity contribution in [3.8, 4) is 0 Å². The molecule has 1 spiro atoms. The Morgan fingerprint density at radius 1 is 1.41 bits per heavy atom. The molecular weight excluding hydrogens is 222 g/mol. The fourth-order valence-electron chi connectivity index (χ4n) is 3.14. The Bertz CT molecular complexity index is 342. The van der Waals surface area contributed by atoms with Gasteiger partial charge in [-0.25, -0.2) is 6.57 Å². The van der Waals surface area contributed by atoms with E-state index in [2.05, 4.69) is 4.85 Å². The summed E-state index contributed by atoms with van der Waals surface area (Å²) in [6, 6.07) is 0. The minimum atomic E-state index is -0.809. The average molecular weight is 239 g/mol. The van der Waals surface area contributed by atoms with Gasteiger partial charge in [0.15, 0.2) is 6.29 Å². The van der Waals surface area contributed by atoms with Crippen molar-refractivity contribution in [3.05, 3.63) is 11.4 Å². The largest absolute Gasteiger partial charge is 0.366 e. The van der Waals surface area contributed by atoms with E-state index in [4.69, 9.17) is 20.8 Å². The van der Waals surface area contributed by atoms with Crippen molar-refractivity contribution >= 4 is 0 Å². The van der Waals surface area contributed by atoms with Gasteiger partial charge in [-0.3, -0.25) is 0 Å². The highest BCUT2D eigenvalue weighted by molar-refractivity contribution is 5.04. The van der Waals surface area contributed by atoms with Crippen molar-refractivity contribution in [2.75, 3.05) is 13.2 Å². The molecule has 1 N–H and O–H groups in total. The second-order valence-electron chi connectivity index (χ2n) is 5.12. The highest BCUT2D eigenvalue weighted by Crippen LogP contribution is 2.46. The van der Waals surface area contributed by atoms with Crippen molar-refractivity contribution in [1.82, 2.24) is 0 Å². The highest BCUT2D eigenvalue weighted by Gasteiger charge is 2.58. The Morgan fingerprint density at radius 3 is 3.12 bits per heavy atom. The monoisotopic (exact) mass is 239 g/mol. The molecule has 1 unspecified atom stereocenters. The molecule has 0 amide bonds. The summed E-state index contributed by atoms with van der Waals surface area (Å²) >= 11 is 0. The molecule has 0 saturated carbocycles. The Kier molecular flexibility index (Phi) is 2.83. The van der Waals surface area contributed by atoms with E-state index in [-0.39, 0.29) is 23.9 Å². The minimum absolute atomic E-state index is 0.0499. The van der Waals surface area contributed by atoms with Gasteiger partial charge in [-0.1, -0.05) is 0 Å². The van der Waals surface area contributed by atoms with Crippen LogP contribution in [-0.2, 0) is 14.2 Å². The number of aliphatic hydroxyl groups excluding tert-OH is 1. The van der Waals surface area contributed by atoms with Gasteiger partial charge in [-0.15, -0.1) is 0 Å². The van der Waals surface area contributed by atoms with Gasteiger partial charge in [0, 0.05) is 12.8 Å². The zero-order valence-corrected chi connectivity index (χ0v) is 9.67. The van der Waals surface area contributed by atoms with Crippen molar-refractivity contribution in [1.29, 1.82) is 0 Å². The Morgan fingerprint density at radius 2 is 2.29 bits per heavy atom. The van der Waals surface area contributed by atoms with E-state index in [1.54, 1.807) is 0 Å². The third-order valence-electron chi connectivity index (χ3n) is 4.00. The molecule has 3 saturated heterocycles. The predicted molar refractivity (Wildman–Crippen MR) is 58.2 cm³/mol. The molecule has 0 aromatic carbocycles. The van der Waals surface area contributed by atoms with Crippen LogP contribution in [0.2, 0.25) is 0 Å². The van der Waals surface area contributed by atoms with Gasteiger partial charge < -0.3 is 24.2 Å². The van der Waals surface area contributed by atoms with E-state index in [1.807, 2.05) is 0 Å². The van der Waals surface area contributed by atoms with Crippen LogP contribution < -0.4 is 0 Å². The number of nitrogens with zero attached hydrogens (tertiary/aromatic N) is 1. The lowest BCUT2D eigenvalue weighted by molar-refractivity contribution is -0.222. The number of hydrogen-bond acceptors (Lipinski definition) is 4. The fraction of sp³-hybridized carbons (Fsp3) is 0.917. The topological polar surface area (TPSA) is 52.3 Å². The zero-order chi connectivity index (χ0) is 11.9. The summed E-state index contributed by atoms with van der Waals surface area (Å²) in [7, 11) is 0. The van der Waals surface area contributed by atoms with Crippen LogP contribution in [0.25, 0.3) is 4.85 Å². The molecule has 3 fully saturated rings. The highest BCUT2D eigenvalue weighted by atomic mass is 16.7. The van der Waals surface area contributed by atoms with Crippen molar-refractivity contribution in [3.63, 3.8) is 0 Å². The van der Waals surface area contributed by atoms with Crippen LogP contribution in [0.5, 0.6) is 0 Å². The smallest absolute Gasteiger partial charge is 0.217 e. The molecule has 5 nitrogen and oxygen atoms in total. The maximum absolute atomic E-state index is 9.60. The van der Waals surface area contributed by atoms with Gasteiger partial charge in [-0.05, 0) is 12.8 Å². The van der Waals surface area contributed by atoms with Crippen LogP contribution in [0.1, 0.15) is 25.7 Å². The molecule has 0 aliphatic carbocycles. The molecule has 17 heavy (non-hydrogen) atoms. The van der Waals surface area contributed by atoms with Crippen molar-refractivity contribution in [2.45, 2.75) is 55.9 Å². The van der Waals surface area contributed by atoms with Gasteiger partial charge >= 0.3 is 0 Å². The van der Waals surface area contributed by atoms with Crippen LogP contribution >= 0.6 is 0 Å². The molecule has 0 aromatic rings. The number of aliphatic hydroxyl groups is 1. The molecule has 2 bridgehead atoms. The van der Waals surface area contributed by atoms with E-state index < -0.39 is 6.29 Å². The summed E-state index contributed by atoms with van der Waals surface area (Å²) in [5, 5.41) is 9.60. The first kappa shape index (κ1) is 11.4. The number of ether oxygens (including phenoxy) is 3. The van der Waals surface area contributed by atoms with E-state index in [0.717, 1.165) is 19.3 Å². The van der Waals surface area contributed by atoms with Gasteiger partial charge in [0.25, 0.3) is 0 Å². The molecule has 5 atom stereocenters. The predicted octanol–water partition coefficient (Wildman–Crippen LogP) is 0.720. The maximum atomic E-state index is 9.60. The molecule has 5 heteroatoms. The Labute approximate surface area is 100 Å². The second kappa shape index (κ2) is 4.21. The molecule has 94 valence electrons. The summed E-state index contributed by atoms with van der Waals surface area (Å²) in [6.07, 6.45) is 2.51. The summed E-state index contributed by atoms with van der Waals surface area (Å²) in [4.78, 5) is 3.37. The maximum Gasteiger partial charge on any atom is 0.217 e. The van der Waals surface area contributed by atoms with Crippen LogP contribution in [0.3, 0.4) is 0 Å². The first-order valence-electron chi connectivity index (χ1n) is 6.20. The van der Waals surface area contributed by atoms with Crippen molar-refractivity contribution in [2.24, 2.45) is 0 Å². The van der Waals surface area contributed by atoms with E-state index >= 15 is 0 Å². The quantitative estimate of drug-likeness (QED) is 0.721. The molecule has 3 rings (SSSR count). The van der Waals surface area contributed by atoms with Crippen LogP contribution in [0, 0.1) is 6.57 Å². The lowest BCUT2D eigenvalue weighted by atomic mass is 9.85. The zero-order valence-electron chi connectivity index (χ0n) is 9.67. The van der Waals surface area contributed by atoms with Gasteiger partial charge in [0.1, 0.15) is 11.7 Å². The van der Waals surface area contributed by atoms with Gasteiger partial charge in [-0.2, -0.15) is 0 Å². The van der Waals surface area contributed by atoms with E-state index in [9.17, 15) is 5.11 Å². The van der Waals surface area contributed by atoms with Crippen LogP contribution in [0.15, 0.2) is 0 Å². The van der Waals surface area contributed by atoms with Gasteiger partial charge in [0.2, 0.25) is 6.54 Å². The Hall–Kier alpha value is -0.670. The molecule has 0 aromatic heterocycles. The van der Waals surface area contributed by atoms with E-state index in [0.29, 0.717) is 19.6 Å². The third kappa shape index (κ3) is 1.85. The standard InChI is InChI=1S/C12H17NO4/c1-13-5-4-8-2-3-10-12(17-8)6-9(16-10)11(14)15-7-12/h8-11,14H,2-7H2/t8-,9-,10+,11?,12-/m1/s1. The van der Waals surface area contributed by atoms with Crippen LogP contribution in [-0.4, -0.2) is 48.5 Å². The lowest BCUT2D eigenvalue weighted by Gasteiger charge is -2.42. The molecule has 3 aliphatic rings. The number of rotatable bonds is 2. The summed E-state index contributed by atoms with van der Waals surface area (Å²) in [6.45, 7) is 7.74. The normalized spacial score (nSPS) is 48.5. The molecule has 3 aliphatic heterocycles. The lowest BCUT2D eigenvalue weighted by Crippen LogP contribution is -2.54. The summed E-state index contributed by atoms with van der Waals surface area (Å²) in [5.74, 6) is 0. The Balaban J connectivity index is 1.70. The van der Waals surface area contributed by atoms with E-state index in [1.165, 1.54) is 0 Å². The molecule has 3 heterocycles. The average Bonchev–Trinajstić information content (AvgIpc) is 2.66. The molecule has 0 radical (unpaired) electrons. The first-order chi connectivity index (χ1) is 8.23. The SMILES string of the molecule is [C-]#[N+]CC[C@H]1CC[C@@H]2O[C@@H]3C[C@]2(COC3O)O1. The fourth-order valence-corrected chi connectivity index (χ4v) is 3.14. The molecular formula is C12H17NO4.